The molecule has 5 nitrogen and oxygen atoms in total. The van der Waals surface area contributed by atoms with E-state index in [9.17, 15) is 9.59 Å². The zero-order valence-electron chi connectivity index (χ0n) is 11.0. The minimum atomic E-state index is -1.16. The van der Waals surface area contributed by atoms with Gasteiger partial charge in [0.25, 0.3) is 0 Å². The van der Waals surface area contributed by atoms with E-state index in [4.69, 9.17) is 23.1 Å². The Morgan fingerprint density at radius 3 is 2.80 bits per heavy atom. The molecule has 2 N–H and O–H groups in total. The van der Waals surface area contributed by atoms with Crippen LogP contribution in [-0.2, 0) is 11.3 Å². The normalized spacial score (nSPS) is 11.2. The second-order valence-corrected chi connectivity index (χ2v) is 4.67. The molecule has 2 amide bonds. The van der Waals surface area contributed by atoms with Crippen molar-refractivity contribution >= 4 is 23.6 Å². The maximum Gasteiger partial charge on any atom is 0.327 e. The fraction of sp³-hybridized carbons (Fsp3) is 0.286. The van der Waals surface area contributed by atoms with Crippen LogP contribution in [0.5, 0.6) is 0 Å². The first-order valence-electron chi connectivity index (χ1n) is 5.86. The zero-order chi connectivity index (χ0) is 15.1. The number of benzene rings is 1. The van der Waals surface area contributed by atoms with Gasteiger partial charge in [0.05, 0.1) is 0 Å². The quantitative estimate of drug-likeness (QED) is 0.816. The third-order valence-electron chi connectivity index (χ3n) is 2.57. The Balaban J connectivity index is 2.63. The summed E-state index contributed by atoms with van der Waals surface area (Å²) in [6, 6.07) is 5.48. The van der Waals surface area contributed by atoms with E-state index >= 15 is 0 Å². The van der Waals surface area contributed by atoms with Gasteiger partial charge in [-0.15, -0.1) is 12.3 Å². The molecule has 6 heteroatoms. The lowest BCUT2D eigenvalue weighted by atomic mass is 10.2. The SMILES string of the molecule is C#CCC(NC(=O)N(C)Cc1cccc(Cl)c1)C(=O)O. The van der Waals surface area contributed by atoms with Gasteiger partial charge in [-0.2, -0.15) is 0 Å². The molecule has 0 saturated carbocycles. The highest BCUT2D eigenvalue weighted by Gasteiger charge is 2.20. The van der Waals surface area contributed by atoms with Gasteiger partial charge in [-0.3, -0.25) is 0 Å². The molecule has 0 spiro atoms. The lowest BCUT2D eigenvalue weighted by Gasteiger charge is -2.20. The lowest BCUT2D eigenvalue weighted by Crippen LogP contribution is -2.46. The summed E-state index contributed by atoms with van der Waals surface area (Å²) >= 11 is 5.86. The second kappa shape index (κ2) is 7.41. The average Bonchev–Trinajstić information content (AvgIpc) is 2.37. The van der Waals surface area contributed by atoms with Crippen LogP contribution >= 0.6 is 11.6 Å². The molecule has 1 unspecified atom stereocenters. The Morgan fingerprint density at radius 1 is 1.55 bits per heavy atom. The minimum Gasteiger partial charge on any atom is -0.480 e. The maximum atomic E-state index is 11.9. The van der Waals surface area contributed by atoms with E-state index in [0.29, 0.717) is 11.6 Å². The molecule has 0 bridgehead atoms. The summed E-state index contributed by atoms with van der Waals surface area (Å²) in [7, 11) is 1.56. The van der Waals surface area contributed by atoms with Crippen molar-refractivity contribution in [2.24, 2.45) is 0 Å². The number of terminal acetylenes is 1. The van der Waals surface area contributed by atoms with Crippen molar-refractivity contribution < 1.29 is 14.7 Å². The van der Waals surface area contributed by atoms with Crippen LogP contribution in [0.15, 0.2) is 24.3 Å². The monoisotopic (exact) mass is 294 g/mol. The van der Waals surface area contributed by atoms with Crippen LogP contribution in [0.4, 0.5) is 4.79 Å². The van der Waals surface area contributed by atoms with Gasteiger partial charge < -0.3 is 15.3 Å². The Bertz CT molecular complexity index is 539. The van der Waals surface area contributed by atoms with Crippen LogP contribution in [0.3, 0.4) is 0 Å². The minimum absolute atomic E-state index is 0.0634. The third kappa shape index (κ3) is 4.82. The number of halogens is 1. The van der Waals surface area contributed by atoms with Crippen LogP contribution < -0.4 is 5.32 Å². The van der Waals surface area contributed by atoms with Crippen molar-refractivity contribution in [3.63, 3.8) is 0 Å². The van der Waals surface area contributed by atoms with Crippen LogP contribution in [-0.4, -0.2) is 35.1 Å². The summed E-state index contributed by atoms with van der Waals surface area (Å²) in [5.41, 5.74) is 0.846. The molecule has 1 aromatic rings. The standard InChI is InChI=1S/C14H15ClN2O3/c1-3-5-12(13(18)19)16-14(20)17(2)9-10-6-4-7-11(15)8-10/h1,4,6-8,12H,5,9H2,2H3,(H,16,20)(H,18,19). The molecule has 0 aliphatic heterocycles. The Hall–Kier alpha value is -2.19. The molecule has 1 atom stereocenters. The van der Waals surface area contributed by atoms with E-state index in [2.05, 4.69) is 11.2 Å². The largest absolute Gasteiger partial charge is 0.480 e. The molecule has 1 aromatic carbocycles. The van der Waals surface area contributed by atoms with Crippen molar-refractivity contribution in [1.29, 1.82) is 0 Å². The first-order valence-corrected chi connectivity index (χ1v) is 6.24. The predicted molar refractivity (Wildman–Crippen MR) is 76.3 cm³/mol. The molecule has 0 saturated heterocycles. The fourth-order valence-electron chi connectivity index (χ4n) is 1.56. The molecule has 0 aliphatic carbocycles. The summed E-state index contributed by atoms with van der Waals surface area (Å²) in [6.45, 7) is 0.314. The van der Waals surface area contributed by atoms with Gasteiger partial charge in [-0.1, -0.05) is 23.7 Å². The van der Waals surface area contributed by atoms with Crippen molar-refractivity contribution in [3.8, 4) is 12.3 Å². The van der Waals surface area contributed by atoms with E-state index in [1.54, 1.807) is 25.2 Å². The molecule has 20 heavy (non-hydrogen) atoms. The maximum absolute atomic E-state index is 11.9. The highest BCUT2D eigenvalue weighted by Crippen LogP contribution is 2.12. The Labute approximate surface area is 122 Å². The first-order chi connectivity index (χ1) is 9.43. The molecular formula is C14H15ClN2O3. The molecule has 0 fully saturated rings. The molecule has 0 aromatic heterocycles. The number of urea groups is 1. The third-order valence-corrected chi connectivity index (χ3v) is 2.81. The van der Waals surface area contributed by atoms with E-state index in [-0.39, 0.29) is 6.42 Å². The predicted octanol–water partition coefficient (Wildman–Crippen LogP) is 1.96. The van der Waals surface area contributed by atoms with Crippen LogP contribution in [0.2, 0.25) is 5.02 Å². The number of carboxylic acid groups (broad SMARTS) is 1. The van der Waals surface area contributed by atoms with Crippen LogP contribution in [0, 0.1) is 12.3 Å². The van der Waals surface area contributed by atoms with Gasteiger partial charge in [0.1, 0.15) is 6.04 Å². The van der Waals surface area contributed by atoms with Gasteiger partial charge in [0, 0.05) is 25.0 Å². The van der Waals surface area contributed by atoms with E-state index in [0.717, 1.165) is 5.56 Å². The zero-order valence-corrected chi connectivity index (χ0v) is 11.7. The highest BCUT2D eigenvalue weighted by atomic mass is 35.5. The second-order valence-electron chi connectivity index (χ2n) is 4.23. The number of carboxylic acids is 1. The smallest absolute Gasteiger partial charge is 0.327 e. The number of nitrogens with zero attached hydrogens (tertiary/aromatic N) is 1. The number of aliphatic carboxylic acids is 1. The number of carbonyl (C=O) groups is 2. The van der Waals surface area contributed by atoms with E-state index in [1.807, 2.05) is 6.07 Å². The number of amides is 2. The van der Waals surface area contributed by atoms with Gasteiger partial charge in [-0.05, 0) is 17.7 Å². The Kier molecular flexibility index (Phi) is 5.88. The van der Waals surface area contributed by atoms with Crippen LogP contribution in [0.1, 0.15) is 12.0 Å². The molecule has 1 rings (SSSR count). The molecule has 0 aliphatic rings. The molecule has 0 heterocycles. The summed E-state index contributed by atoms with van der Waals surface area (Å²) in [5, 5.41) is 11.9. The van der Waals surface area contributed by atoms with Gasteiger partial charge in [0.2, 0.25) is 0 Å². The van der Waals surface area contributed by atoms with Gasteiger partial charge in [-0.25, -0.2) is 9.59 Å². The van der Waals surface area contributed by atoms with Crippen molar-refractivity contribution in [2.75, 3.05) is 7.05 Å². The lowest BCUT2D eigenvalue weighted by molar-refractivity contribution is -0.139. The summed E-state index contributed by atoms with van der Waals surface area (Å²) < 4.78 is 0. The van der Waals surface area contributed by atoms with E-state index < -0.39 is 18.0 Å². The number of nitrogens with one attached hydrogen (secondary N) is 1. The fourth-order valence-corrected chi connectivity index (χ4v) is 1.77. The number of hydrogen-bond donors (Lipinski definition) is 2. The average molecular weight is 295 g/mol. The Morgan fingerprint density at radius 2 is 2.25 bits per heavy atom. The molecule has 0 radical (unpaired) electrons. The summed E-state index contributed by atoms with van der Waals surface area (Å²) in [5.74, 6) is 1.06. The molecule has 106 valence electrons. The van der Waals surface area contributed by atoms with E-state index in [1.165, 1.54) is 4.90 Å². The number of rotatable bonds is 5. The molecular weight excluding hydrogens is 280 g/mol. The number of hydrogen-bond acceptors (Lipinski definition) is 2. The highest BCUT2D eigenvalue weighted by molar-refractivity contribution is 6.30. The topological polar surface area (TPSA) is 69.6 Å². The van der Waals surface area contributed by atoms with Gasteiger partial charge in [0.15, 0.2) is 0 Å². The number of carbonyl (C=O) groups excluding carboxylic acids is 1. The van der Waals surface area contributed by atoms with Crippen LogP contribution in [0.25, 0.3) is 0 Å². The first kappa shape index (κ1) is 15.9. The van der Waals surface area contributed by atoms with Crippen molar-refractivity contribution in [3.05, 3.63) is 34.9 Å². The summed E-state index contributed by atoms with van der Waals surface area (Å²) in [4.78, 5) is 24.1. The summed E-state index contributed by atoms with van der Waals surface area (Å²) in [6.07, 6.45) is 5.00. The van der Waals surface area contributed by atoms with Gasteiger partial charge >= 0.3 is 12.0 Å². The van der Waals surface area contributed by atoms with Crippen molar-refractivity contribution in [1.82, 2.24) is 10.2 Å². The van der Waals surface area contributed by atoms with Crippen molar-refractivity contribution in [2.45, 2.75) is 19.0 Å².